The predicted molar refractivity (Wildman–Crippen MR) is 74.3 cm³/mol. The zero-order valence-electron chi connectivity index (χ0n) is 11.3. The minimum absolute atomic E-state index is 0.0279. The normalized spacial score (nSPS) is 16.3. The van der Waals surface area contributed by atoms with Crippen LogP contribution in [0.4, 0.5) is 0 Å². The third kappa shape index (κ3) is 3.44. The molecule has 1 aliphatic rings. The molecule has 0 saturated carbocycles. The van der Waals surface area contributed by atoms with Crippen LogP contribution in [0.3, 0.4) is 0 Å². The van der Waals surface area contributed by atoms with Gasteiger partial charge in [-0.05, 0) is 38.4 Å². The Morgan fingerprint density at radius 2 is 2.16 bits per heavy atom. The summed E-state index contributed by atoms with van der Waals surface area (Å²) in [4.78, 5) is 28.3. The maximum Gasteiger partial charge on any atom is 0.254 e. The number of aromatic nitrogens is 1. The molecule has 19 heavy (non-hydrogen) atoms. The molecule has 1 aromatic heterocycles. The van der Waals surface area contributed by atoms with E-state index in [1.807, 2.05) is 4.90 Å². The number of nitrogens with zero attached hydrogens (tertiary/aromatic N) is 1. The van der Waals surface area contributed by atoms with Gasteiger partial charge in [-0.2, -0.15) is 0 Å². The van der Waals surface area contributed by atoms with Gasteiger partial charge in [0.15, 0.2) is 0 Å². The fraction of sp³-hybridized carbons (Fsp3) is 0.571. The summed E-state index contributed by atoms with van der Waals surface area (Å²) in [6.07, 6.45) is 4.42. The van der Waals surface area contributed by atoms with Gasteiger partial charge in [-0.1, -0.05) is 6.92 Å². The van der Waals surface area contributed by atoms with Crippen LogP contribution in [0.5, 0.6) is 0 Å². The molecule has 1 aliphatic heterocycles. The Morgan fingerprint density at radius 1 is 1.42 bits per heavy atom. The molecule has 0 aromatic carbocycles. The summed E-state index contributed by atoms with van der Waals surface area (Å²) in [6, 6.07) is 3.34. The fourth-order valence-electron chi connectivity index (χ4n) is 2.55. The molecule has 5 nitrogen and oxygen atoms in total. The molecule has 0 unspecified atom stereocenters. The highest BCUT2D eigenvalue weighted by atomic mass is 16.2. The highest BCUT2D eigenvalue weighted by Crippen LogP contribution is 2.15. The van der Waals surface area contributed by atoms with Crippen molar-refractivity contribution in [1.82, 2.24) is 15.2 Å². The molecule has 1 saturated heterocycles. The molecule has 0 bridgehead atoms. The fourth-order valence-corrected chi connectivity index (χ4v) is 2.55. The van der Waals surface area contributed by atoms with Crippen LogP contribution in [0.2, 0.25) is 0 Å². The number of hydrogen-bond acceptors (Lipinski definition) is 3. The highest BCUT2D eigenvalue weighted by Gasteiger charge is 2.25. The number of nitrogens with one attached hydrogen (secondary N) is 2. The molecular formula is C14H21N3O2. The van der Waals surface area contributed by atoms with Crippen molar-refractivity contribution in [2.75, 3.05) is 19.6 Å². The lowest BCUT2D eigenvalue weighted by atomic mass is 10.0. The number of hydrogen-bond donors (Lipinski definition) is 2. The molecule has 0 atom stereocenters. The first-order valence-electron chi connectivity index (χ1n) is 6.93. The first kappa shape index (κ1) is 13.8. The van der Waals surface area contributed by atoms with E-state index in [9.17, 15) is 9.59 Å². The van der Waals surface area contributed by atoms with E-state index in [-0.39, 0.29) is 17.5 Å². The van der Waals surface area contributed by atoms with Crippen LogP contribution in [0, 0.1) is 0 Å². The molecule has 2 rings (SSSR count). The molecule has 0 spiro atoms. The van der Waals surface area contributed by atoms with Gasteiger partial charge >= 0.3 is 0 Å². The molecule has 1 aromatic rings. The van der Waals surface area contributed by atoms with E-state index in [0.29, 0.717) is 5.56 Å². The van der Waals surface area contributed by atoms with E-state index in [1.165, 1.54) is 12.3 Å². The molecule has 104 valence electrons. The van der Waals surface area contributed by atoms with Crippen LogP contribution in [-0.4, -0.2) is 41.5 Å². The van der Waals surface area contributed by atoms with Gasteiger partial charge in [-0.25, -0.2) is 0 Å². The van der Waals surface area contributed by atoms with Crippen LogP contribution in [0.25, 0.3) is 0 Å². The van der Waals surface area contributed by atoms with Crippen LogP contribution < -0.4 is 10.9 Å². The lowest BCUT2D eigenvalue weighted by Gasteiger charge is -2.34. The van der Waals surface area contributed by atoms with Crippen molar-refractivity contribution >= 4 is 5.91 Å². The zero-order valence-corrected chi connectivity index (χ0v) is 11.3. The van der Waals surface area contributed by atoms with Gasteiger partial charge in [-0.3, -0.25) is 9.59 Å². The molecular weight excluding hydrogens is 242 g/mol. The second-order valence-electron chi connectivity index (χ2n) is 4.92. The van der Waals surface area contributed by atoms with Gasteiger partial charge in [0.1, 0.15) is 0 Å². The Hall–Kier alpha value is -1.62. The smallest absolute Gasteiger partial charge is 0.254 e. The van der Waals surface area contributed by atoms with Crippen LogP contribution in [0.15, 0.2) is 23.1 Å². The van der Waals surface area contributed by atoms with Crippen molar-refractivity contribution in [2.45, 2.75) is 32.2 Å². The lowest BCUT2D eigenvalue weighted by Crippen LogP contribution is -2.46. The summed E-state index contributed by atoms with van der Waals surface area (Å²) >= 11 is 0. The SMILES string of the molecule is CCCN(C(=O)c1cc[nH]c(=O)c1)C1CCNCC1. The van der Waals surface area contributed by atoms with Gasteiger partial charge < -0.3 is 15.2 Å². The average molecular weight is 263 g/mol. The van der Waals surface area contributed by atoms with Crippen molar-refractivity contribution in [3.05, 3.63) is 34.2 Å². The quantitative estimate of drug-likeness (QED) is 0.851. The summed E-state index contributed by atoms with van der Waals surface area (Å²) in [5, 5.41) is 3.31. The van der Waals surface area contributed by atoms with Crippen LogP contribution in [-0.2, 0) is 0 Å². The van der Waals surface area contributed by atoms with Crippen LogP contribution in [0.1, 0.15) is 36.5 Å². The second-order valence-corrected chi connectivity index (χ2v) is 4.92. The summed E-state index contributed by atoms with van der Waals surface area (Å²) in [5.41, 5.74) is 0.253. The first-order chi connectivity index (χ1) is 9.22. The average Bonchev–Trinajstić information content (AvgIpc) is 2.45. The number of amides is 1. The minimum atomic E-state index is -0.229. The second kappa shape index (κ2) is 6.52. The molecule has 5 heteroatoms. The summed E-state index contributed by atoms with van der Waals surface area (Å²) in [6.45, 7) is 4.72. The number of rotatable bonds is 4. The van der Waals surface area contributed by atoms with E-state index >= 15 is 0 Å². The summed E-state index contributed by atoms with van der Waals surface area (Å²) < 4.78 is 0. The molecule has 1 amide bonds. The van der Waals surface area contributed by atoms with E-state index in [1.54, 1.807) is 6.07 Å². The summed E-state index contributed by atoms with van der Waals surface area (Å²) in [5.74, 6) is -0.0279. The monoisotopic (exact) mass is 263 g/mol. The van der Waals surface area contributed by atoms with Crippen LogP contribution >= 0.6 is 0 Å². The maximum absolute atomic E-state index is 12.5. The Kier molecular flexibility index (Phi) is 4.74. The van der Waals surface area contributed by atoms with Crippen molar-refractivity contribution < 1.29 is 4.79 Å². The highest BCUT2D eigenvalue weighted by molar-refractivity contribution is 5.94. The number of carbonyl (C=O) groups excluding carboxylic acids is 1. The number of pyridine rings is 1. The van der Waals surface area contributed by atoms with Crippen molar-refractivity contribution in [2.24, 2.45) is 0 Å². The molecule has 1 fully saturated rings. The number of carbonyl (C=O) groups is 1. The van der Waals surface area contributed by atoms with E-state index in [2.05, 4.69) is 17.2 Å². The minimum Gasteiger partial charge on any atom is -0.336 e. The van der Waals surface area contributed by atoms with Crippen molar-refractivity contribution in [1.29, 1.82) is 0 Å². The Morgan fingerprint density at radius 3 is 2.79 bits per heavy atom. The van der Waals surface area contributed by atoms with E-state index in [4.69, 9.17) is 0 Å². The number of aromatic amines is 1. The molecule has 2 heterocycles. The molecule has 0 radical (unpaired) electrons. The number of H-pyrrole nitrogens is 1. The molecule has 0 aliphatic carbocycles. The van der Waals surface area contributed by atoms with Gasteiger partial charge in [0.25, 0.3) is 5.91 Å². The third-order valence-corrected chi connectivity index (χ3v) is 3.50. The van der Waals surface area contributed by atoms with E-state index in [0.717, 1.165) is 38.9 Å². The van der Waals surface area contributed by atoms with Gasteiger partial charge in [-0.15, -0.1) is 0 Å². The van der Waals surface area contributed by atoms with Gasteiger partial charge in [0, 0.05) is 30.4 Å². The Labute approximate surface area is 113 Å². The number of piperidine rings is 1. The predicted octanol–water partition coefficient (Wildman–Crippen LogP) is 0.979. The first-order valence-corrected chi connectivity index (χ1v) is 6.93. The third-order valence-electron chi connectivity index (χ3n) is 3.50. The lowest BCUT2D eigenvalue weighted by molar-refractivity contribution is 0.0642. The van der Waals surface area contributed by atoms with Crippen molar-refractivity contribution in [3.63, 3.8) is 0 Å². The van der Waals surface area contributed by atoms with Gasteiger partial charge in [0.05, 0.1) is 0 Å². The largest absolute Gasteiger partial charge is 0.336 e. The Bertz CT molecular complexity index is 478. The van der Waals surface area contributed by atoms with Crippen molar-refractivity contribution in [3.8, 4) is 0 Å². The standard InChI is InChI=1S/C14H21N3O2/c1-2-9-17(12-4-6-15-7-5-12)14(19)11-3-8-16-13(18)10-11/h3,8,10,12,15H,2,4-7,9H2,1H3,(H,16,18). The van der Waals surface area contributed by atoms with E-state index < -0.39 is 0 Å². The van der Waals surface area contributed by atoms with Gasteiger partial charge in [0.2, 0.25) is 5.56 Å². The molecule has 2 N–H and O–H groups in total. The topological polar surface area (TPSA) is 65.2 Å². The Balaban J connectivity index is 2.17. The summed E-state index contributed by atoms with van der Waals surface area (Å²) in [7, 11) is 0. The maximum atomic E-state index is 12.5. The zero-order chi connectivity index (χ0) is 13.7.